The smallest absolute Gasteiger partial charge is 0.146 e. The van der Waals surface area contributed by atoms with Gasteiger partial charge in [0.2, 0.25) is 0 Å². The van der Waals surface area contributed by atoms with Gasteiger partial charge in [0, 0.05) is 10.8 Å². The number of hydrogen-bond donors (Lipinski definition) is 0. The fraction of sp³-hybridized carbons (Fsp3) is 0.250. The summed E-state index contributed by atoms with van der Waals surface area (Å²) in [5, 5.41) is 20.3. The molecule has 0 radical (unpaired) electrons. The largest absolute Gasteiger partial charge is 0.492 e. The molecule has 0 aliphatic rings. The highest BCUT2D eigenvalue weighted by Crippen LogP contribution is 2.40. The summed E-state index contributed by atoms with van der Waals surface area (Å²) in [6.45, 7) is 4.55. The van der Waals surface area contributed by atoms with Gasteiger partial charge < -0.3 is 9.47 Å². The predicted molar refractivity (Wildman–Crippen MR) is 75.7 cm³/mol. The van der Waals surface area contributed by atoms with Gasteiger partial charge in [0.05, 0.1) is 13.2 Å². The first-order valence-electron chi connectivity index (χ1n) is 6.42. The monoisotopic (exact) mass is 266 g/mol. The average molecular weight is 266 g/mol. The summed E-state index contributed by atoms with van der Waals surface area (Å²) >= 11 is 0. The van der Waals surface area contributed by atoms with Crippen molar-refractivity contribution >= 4 is 10.8 Å². The zero-order valence-corrected chi connectivity index (χ0v) is 11.4. The minimum Gasteiger partial charge on any atom is -0.492 e. The highest BCUT2D eigenvalue weighted by molar-refractivity contribution is 5.98. The van der Waals surface area contributed by atoms with E-state index in [1.807, 2.05) is 38.1 Å². The van der Waals surface area contributed by atoms with Crippen LogP contribution in [-0.2, 0) is 0 Å². The SMILES string of the molecule is CCOc1c(C#N)c(C#N)c(OCC)c2ccccc12. The Bertz CT molecular complexity index is 661. The van der Waals surface area contributed by atoms with Crippen LogP contribution in [-0.4, -0.2) is 13.2 Å². The van der Waals surface area contributed by atoms with Crippen molar-refractivity contribution < 1.29 is 9.47 Å². The Morgan fingerprint density at radius 1 is 0.850 bits per heavy atom. The third-order valence-corrected chi connectivity index (χ3v) is 2.92. The van der Waals surface area contributed by atoms with E-state index in [1.165, 1.54) is 0 Å². The Hall–Kier alpha value is -2.72. The molecule has 0 saturated carbocycles. The minimum atomic E-state index is 0.233. The first kappa shape index (κ1) is 13.7. The Labute approximate surface area is 117 Å². The standard InChI is InChI=1S/C16H14N2O2/c1-3-19-15-11-7-5-6-8-12(11)16(20-4-2)14(10-18)13(15)9-17/h5-8H,3-4H2,1-2H3. The summed E-state index contributed by atoms with van der Waals surface area (Å²) in [7, 11) is 0. The van der Waals surface area contributed by atoms with E-state index in [4.69, 9.17) is 9.47 Å². The third-order valence-electron chi connectivity index (χ3n) is 2.92. The number of nitrogens with zero attached hydrogens (tertiary/aromatic N) is 2. The van der Waals surface area contributed by atoms with Crippen LogP contribution < -0.4 is 9.47 Å². The lowest BCUT2D eigenvalue weighted by molar-refractivity contribution is 0.335. The van der Waals surface area contributed by atoms with E-state index in [2.05, 4.69) is 12.1 Å². The maximum absolute atomic E-state index is 9.37. The number of rotatable bonds is 4. The normalized spacial score (nSPS) is 9.80. The molecule has 2 rings (SSSR count). The Morgan fingerprint density at radius 2 is 1.25 bits per heavy atom. The van der Waals surface area contributed by atoms with Crippen molar-refractivity contribution in [1.82, 2.24) is 0 Å². The van der Waals surface area contributed by atoms with Crippen molar-refractivity contribution in [2.45, 2.75) is 13.8 Å². The first-order valence-corrected chi connectivity index (χ1v) is 6.42. The molecule has 0 atom stereocenters. The highest BCUT2D eigenvalue weighted by atomic mass is 16.5. The average Bonchev–Trinajstić information content (AvgIpc) is 2.49. The second-order valence-corrected chi connectivity index (χ2v) is 4.04. The molecule has 0 amide bonds. The molecule has 0 bridgehead atoms. The molecule has 0 N–H and O–H groups in total. The van der Waals surface area contributed by atoms with Crippen LogP contribution in [0.5, 0.6) is 11.5 Å². The van der Waals surface area contributed by atoms with Gasteiger partial charge in [0.25, 0.3) is 0 Å². The zero-order valence-electron chi connectivity index (χ0n) is 11.4. The molecule has 0 saturated heterocycles. The zero-order chi connectivity index (χ0) is 14.5. The number of fused-ring (bicyclic) bond motifs is 1. The maximum atomic E-state index is 9.37. The van der Waals surface area contributed by atoms with Crippen LogP contribution in [0.15, 0.2) is 24.3 Å². The fourth-order valence-corrected chi connectivity index (χ4v) is 2.18. The summed E-state index contributed by atoms with van der Waals surface area (Å²) in [4.78, 5) is 0. The van der Waals surface area contributed by atoms with Gasteiger partial charge in [-0.05, 0) is 13.8 Å². The van der Waals surface area contributed by atoms with Gasteiger partial charge >= 0.3 is 0 Å². The van der Waals surface area contributed by atoms with E-state index in [0.29, 0.717) is 24.7 Å². The van der Waals surface area contributed by atoms with E-state index in [-0.39, 0.29) is 11.1 Å². The van der Waals surface area contributed by atoms with Gasteiger partial charge in [-0.3, -0.25) is 0 Å². The van der Waals surface area contributed by atoms with Crippen molar-refractivity contribution in [2.75, 3.05) is 13.2 Å². The van der Waals surface area contributed by atoms with E-state index in [9.17, 15) is 10.5 Å². The molecule has 2 aromatic rings. The first-order chi connectivity index (χ1) is 9.78. The lowest BCUT2D eigenvalue weighted by Crippen LogP contribution is -2.02. The highest BCUT2D eigenvalue weighted by Gasteiger charge is 2.21. The van der Waals surface area contributed by atoms with Crippen molar-refractivity contribution in [3.63, 3.8) is 0 Å². The lowest BCUT2D eigenvalue weighted by atomic mass is 9.99. The van der Waals surface area contributed by atoms with Crippen LogP contribution in [0.4, 0.5) is 0 Å². The van der Waals surface area contributed by atoms with Crippen LogP contribution in [0.3, 0.4) is 0 Å². The number of benzene rings is 2. The molecule has 4 heteroatoms. The molecule has 0 aromatic heterocycles. The number of hydrogen-bond acceptors (Lipinski definition) is 4. The molecule has 4 nitrogen and oxygen atoms in total. The molecule has 0 unspecified atom stereocenters. The molecule has 2 aromatic carbocycles. The molecule has 0 spiro atoms. The lowest BCUT2D eigenvalue weighted by Gasteiger charge is -2.15. The van der Waals surface area contributed by atoms with Gasteiger partial charge in [-0.15, -0.1) is 0 Å². The predicted octanol–water partition coefficient (Wildman–Crippen LogP) is 3.38. The summed E-state index contributed by atoms with van der Waals surface area (Å²) in [5.41, 5.74) is 0.466. The van der Waals surface area contributed by atoms with E-state index < -0.39 is 0 Å². The van der Waals surface area contributed by atoms with Crippen LogP contribution in [0.1, 0.15) is 25.0 Å². The molecular weight excluding hydrogens is 252 g/mol. The van der Waals surface area contributed by atoms with Crippen molar-refractivity contribution in [2.24, 2.45) is 0 Å². The molecule has 0 aliphatic carbocycles. The van der Waals surface area contributed by atoms with Crippen molar-refractivity contribution in [1.29, 1.82) is 10.5 Å². The number of nitriles is 2. The summed E-state index contributed by atoms with van der Waals surface area (Å²) < 4.78 is 11.2. The van der Waals surface area contributed by atoms with E-state index >= 15 is 0 Å². The van der Waals surface area contributed by atoms with Crippen LogP contribution >= 0.6 is 0 Å². The molecule has 20 heavy (non-hydrogen) atoms. The van der Waals surface area contributed by atoms with Gasteiger partial charge in [-0.1, -0.05) is 24.3 Å². The topological polar surface area (TPSA) is 66.0 Å². The number of ether oxygens (including phenoxy) is 2. The van der Waals surface area contributed by atoms with Crippen LogP contribution in [0.2, 0.25) is 0 Å². The van der Waals surface area contributed by atoms with Gasteiger partial charge in [-0.25, -0.2) is 0 Å². The van der Waals surface area contributed by atoms with E-state index in [1.54, 1.807) is 0 Å². The van der Waals surface area contributed by atoms with E-state index in [0.717, 1.165) is 10.8 Å². The summed E-state index contributed by atoms with van der Waals surface area (Å²) in [6.07, 6.45) is 0. The van der Waals surface area contributed by atoms with Gasteiger partial charge in [-0.2, -0.15) is 10.5 Å². The molecular formula is C16H14N2O2. The second-order valence-electron chi connectivity index (χ2n) is 4.04. The second kappa shape index (κ2) is 5.95. The summed E-state index contributed by atoms with van der Waals surface area (Å²) in [6, 6.07) is 11.6. The third kappa shape index (κ3) is 2.13. The fourth-order valence-electron chi connectivity index (χ4n) is 2.18. The van der Waals surface area contributed by atoms with Crippen molar-refractivity contribution in [3.05, 3.63) is 35.4 Å². The molecule has 0 fully saturated rings. The maximum Gasteiger partial charge on any atom is 0.146 e. The quantitative estimate of drug-likeness (QED) is 0.850. The van der Waals surface area contributed by atoms with Crippen LogP contribution in [0.25, 0.3) is 10.8 Å². The molecule has 100 valence electrons. The minimum absolute atomic E-state index is 0.233. The Morgan fingerprint density at radius 3 is 1.55 bits per heavy atom. The van der Waals surface area contributed by atoms with Crippen molar-refractivity contribution in [3.8, 4) is 23.6 Å². The van der Waals surface area contributed by atoms with Gasteiger partial charge in [0.15, 0.2) is 0 Å². The molecule has 0 heterocycles. The Kier molecular flexibility index (Phi) is 4.08. The van der Waals surface area contributed by atoms with Crippen LogP contribution in [0, 0.1) is 22.7 Å². The summed E-state index contributed by atoms with van der Waals surface area (Å²) in [5.74, 6) is 0.899. The Balaban J connectivity index is 2.94. The van der Waals surface area contributed by atoms with Gasteiger partial charge in [0.1, 0.15) is 34.8 Å². The molecule has 0 aliphatic heterocycles.